The molecule has 0 bridgehead atoms. The van der Waals surface area contributed by atoms with Crippen LogP contribution in [-0.2, 0) is 29.8 Å². The van der Waals surface area contributed by atoms with Crippen LogP contribution in [0.4, 0.5) is 0 Å². The van der Waals surface area contributed by atoms with E-state index in [0.717, 1.165) is 37.9 Å². The number of methoxy groups -OCH3 is 1. The number of rotatable bonds is 5. The topological polar surface area (TPSA) is 191 Å². The predicted molar refractivity (Wildman–Crippen MR) is 147 cm³/mol. The third-order valence-electron chi connectivity index (χ3n) is 8.74. The number of piperidine rings is 1. The van der Waals surface area contributed by atoms with E-state index in [0.29, 0.717) is 11.7 Å². The number of para-hydroxylation sites is 1. The number of phosphoric acid groups is 1. The molecule has 1 aromatic heterocycles. The average molecular weight is 645 g/mol. The number of fused-ring (bicyclic) bond motifs is 3. The van der Waals surface area contributed by atoms with Crippen molar-refractivity contribution in [1.29, 1.82) is 0 Å². The van der Waals surface area contributed by atoms with Crippen molar-refractivity contribution in [3.05, 3.63) is 41.6 Å². The number of aliphatic hydroxyl groups excluding tert-OH is 4. The summed E-state index contributed by atoms with van der Waals surface area (Å²) < 4.78 is 26.4. The van der Waals surface area contributed by atoms with Crippen molar-refractivity contribution in [2.75, 3.05) is 26.8 Å². The number of hydrogen-bond donors (Lipinski definition) is 6. The van der Waals surface area contributed by atoms with E-state index < -0.39 is 45.1 Å². The number of aromatic nitrogens is 1. The fourth-order valence-corrected chi connectivity index (χ4v) is 7.11. The van der Waals surface area contributed by atoms with Crippen molar-refractivity contribution in [3.63, 3.8) is 0 Å². The van der Waals surface area contributed by atoms with Crippen molar-refractivity contribution in [2.45, 2.75) is 69.4 Å². The van der Waals surface area contributed by atoms with E-state index in [2.05, 4.69) is 56.0 Å². The van der Waals surface area contributed by atoms with Gasteiger partial charge in [-0.05, 0) is 49.9 Å². The number of nitrogens with zero attached hydrogens (tertiary/aromatic N) is 2. The van der Waals surface area contributed by atoms with Crippen molar-refractivity contribution < 1.29 is 116 Å². The van der Waals surface area contributed by atoms with E-state index in [1.54, 1.807) is 0 Å². The zero-order valence-electron chi connectivity index (χ0n) is 26.9. The van der Waals surface area contributed by atoms with Crippen LogP contribution in [0.2, 0.25) is 0 Å². The van der Waals surface area contributed by atoms with Crippen molar-refractivity contribution in [2.24, 2.45) is 5.41 Å². The van der Waals surface area contributed by atoms with Gasteiger partial charge in [0.1, 0.15) is 30.1 Å². The van der Waals surface area contributed by atoms with Gasteiger partial charge >= 0.3 is 72.9 Å². The fraction of sp³-hybridized carbons (Fsp3) is 0.593. The van der Waals surface area contributed by atoms with Crippen LogP contribution in [0.25, 0.3) is 16.6 Å². The molecule has 43 heavy (non-hydrogen) atoms. The van der Waals surface area contributed by atoms with Gasteiger partial charge in [0, 0.05) is 23.0 Å². The first kappa shape index (κ1) is 37.3. The first-order valence-corrected chi connectivity index (χ1v) is 15.2. The van der Waals surface area contributed by atoms with Gasteiger partial charge in [0.25, 0.3) is 0 Å². The van der Waals surface area contributed by atoms with Gasteiger partial charge < -0.3 is 47.1 Å². The molecule has 0 saturated carbocycles. The number of benzene rings is 1. The summed E-state index contributed by atoms with van der Waals surface area (Å²) in [6, 6.07) is 8.89. The normalized spacial score (nSPS) is 31.4. The molecule has 1 aromatic carbocycles. The minimum atomic E-state index is -4.73. The van der Waals surface area contributed by atoms with Crippen molar-refractivity contribution in [3.8, 4) is 0 Å². The van der Waals surface area contributed by atoms with Crippen LogP contribution in [0.3, 0.4) is 0 Å². The van der Waals surface area contributed by atoms with E-state index in [4.69, 9.17) is 24.7 Å². The van der Waals surface area contributed by atoms with Gasteiger partial charge in [-0.15, -0.1) is 0 Å². The molecular weight excluding hydrogens is 605 g/mol. The van der Waals surface area contributed by atoms with E-state index in [1.165, 1.54) is 30.2 Å². The molecule has 4 aliphatic heterocycles. The quantitative estimate of drug-likeness (QED) is 0.103. The van der Waals surface area contributed by atoms with Crippen LogP contribution < -0.4 is 59.1 Å². The maximum Gasteiger partial charge on any atom is 1.00 e. The number of aliphatic hydroxyl groups is 4. The van der Waals surface area contributed by atoms with Crippen LogP contribution in [0.15, 0.2) is 30.3 Å². The minimum absolute atomic E-state index is 0. The number of phosphoric ester groups is 1. The zero-order valence-corrected chi connectivity index (χ0v) is 29.8. The van der Waals surface area contributed by atoms with Gasteiger partial charge in [0.15, 0.2) is 6.29 Å². The van der Waals surface area contributed by atoms with Crippen LogP contribution >= 0.6 is 7.82 Å². The summed E-state index contributed by atoms with van der Waals surface area (Å²) >= 11 is 0. The molecule has 13 nitrogen and oxygen atoms in total. The van der Waals surface area contributed by atoms with E-state index in [9.17, 15) is 19.6 Å². The Morgan fingerprint density at radius 2 is 1.81 bits per heavy atom. The summed E-state index contributed by atoms with van der Waals surface area (Å²) in [5.41, 5.74) is 4.67. The Hall–Kier alpha value is -0.160. The Labute approximate surface area is 296 Å². The van der Waals surface area contributed by atoms with Crippen LogP contribution in [0.1, 0.15) is 46.3 Å². The summed E-state index contributed by atoms with van der Waals surface area (Å²) in [4.78, 5) is 32.1. The monoisotopic (exact) mass is 644 g/mol. The second kappa shape index (κ2) is 14.7. The number of hydrogen-bond acceptors (Lipinski definition) is 10. The van der Waals surface area contributed by atoms with E-state index >= 15 is 0 Å². The summed E-state index contributed by atoms with van der Waals surface area (Å²) in [7, 11) is -3.25. The van der Waals surface area contributed by atoms with Gasteiger partial charge in [-0.1, -0.05) is 25.1 Å². The Bertz CT molecular complexity index is 1400. The molecule has 0 aliphatic carbocycles. The van der Waals surface area contributed by atoms with Crippen molar-refractivity contribution in [1.82, 2.24) is 9.47 Å². The summed E-state index contributed by atoms with van der Waals surface area (Å²) in [5, 5.41) is 38.0. The molecular formula is C27H39N2Na2O11P. The molecule has 6 N–H and O–H groups in total. The molecule has 2 saturated heterocycles. The molecule has 0 amide bonds. The number of carbonyl (C=O) groups excluding carboxylic acids is 1. The maximum absolute atomic E-state index is 12.7. The fourth-order valence-electron chi connectivity index (χ4n) is 6.77. The SMILES string of the molecule is CC[C@@]12C=C(C(=O)OC)n3c4c(c5ccccc53)CCN(CCC1)[C@H]42.O=P(O)(O)OC[C@H]1O[C@H](O)[C@H](O)[C@@H](O)[C@@H]1O.[H-].[H-].[Na+].[Na+]. The van der Waals surface area contributed by atoms with E-state index in [-0.39, 0.29) is 73.4 Å². The maximum atomic E-state index is 12.7. The second-order valence-electron chi connectivity index (χ2n) is 10.9. The van der Waals surface area contributed by atoms with Crippen LogP contribution in [0, 0.1) is 5.41 Å². The molecule has 2 aromatic rings. The first-order chi connectivity index (χ1) is 19.4. The molecule has 2 fully saturated rings. The van der Waals surface area contributed by atoms with Crippen molar-refractivity contribution >= 4 is 30.4 Å². The van der Waals surface area contributed by atoms with Gasteiger partial charge in [0.2, 0.25) is 0 Å². The Morgan fingerprint density at radius 3 is 2.47 bits per heavy atom. The largest absolute Gasteiger partial charge is 1.00 e. The predicted octanol–water partition coefficient (Wildman–Crippen LogP) is -5.11. The minimum Gasteiger partial charge on any atom is -1.00 e. The Morgan fingerprint density at radius 1 is 1.12 bits per heavy atom. The Balaban J connectivity index is 0.000000450. The first-order valence-electron chi connectivity index (χ1n) is 13.7. The van der Waals surface area contributed by atoms with Gasteiger partial charge in [-0.3, -0.25) is 9.42 Å². The van der Waals surface area contributed by atoms with Crippen LogP contribution in [-0.4, -0.2) is 103 Å². The molecule has 5 heterocycles. The Kier molecular flexibility index (Phi) is 12.8. The smallest absolute Gasteiger partial charge is 1.00 e. The third kappa shape index (κ3) is 7.08. The summed E-state index contributed by atoms with van der Waals surface area (Å²) in [5.74, 6) is -0.225. The zero-order chi connectivity index (χ0) is 29.7. The molecule has 230 valence electrons. The standard InChI is InChI=1S/C21H24N2O2.C6H13O9P.2Na.2H/c1-3-21-10-6-11-22-12-9-15-14-7-4-5-8-16(14)23(18(15)19(21)22)17(13-21)20(24)25-2;7-3-2(1-14-16(11,12)13)15-6(10)5(9)4(3)8;;;;/h4-5,7-8,13,19H,3,6,9-12H2,1-2H3;2-10H,1H2,(H2,11,12,13);;;;/q;;2*+1;2*-1/t19-,21+;2-,3-,4+,5-,6+;;;;/m11..../s1. The molecule has 4 aliphatic rings. The molecule has 7 atom stereocenters. The molecule has 16 heteroatoms. The van der Waals surface area contributed by atoms with Gasteiger partial charge in [0.05, 0.1) is 25.3 Å². The average Bonchev–Trinajstić information content (AvgIpc) is 3.30. The molecule has 0 unspecified atom stereocenters. The number of carbonyl (C=O) groups is 1. The number of esters is 1. The van der Waals surface area contributed by atoms with Gasteiger partial charge in [-0.25, -0.2) is 9.36 Å². The molecule has 0 spiro atoms. The molecule has 0 radical (unpaired) electrons. The van der Waals surface area contributed by atoms with Gasteiger partial charge in [-0.2, -0.15) is 0 Å². The van der Waals surface area contributed by atoms with Crippen LogP contribution in [0.5, 0.6) is 0 Å². The number of ether oxygens (including phenoxy) is 2. The summed E-state index contributed by atoms with van der Waals surface area (Å²) in [6.07, 6.45) is -1.41. The van der Waals surface area contributed by atoms with E-state index in [1.807, 2.05) is 0 Å². The molecule has 6 rings (SSSR count). The second-order valence-corrected chi connectivity index (χ2v) is 12.2. The third-order valence-corrected chi connectivity index (χ3v) is 9.22. The summed E-state index contributed by atoms with van der Waals surface area (Å²) in [6.45, 7) is 3.82.